The zero-order valence-electron chi connectivity index (χ0n) is 13.5. The molecular formula is C17H19N5O2. The minimum atomic E-state index is -0.497. The van der Waals surface area contributed by atoms with E-state index in [1.165, 1.54) is 0 Å². The molecule has 0 amide bonds. The van der Waals surface area contributed by atoms with Crippen LogP contribution < -0.4 is 11.3 Å². The Morgan fingerprint density at radius 3 is 2.79 bits per heavy atom. The Morgan fingerprint density at radius 2 is 2.00 bits per heavy atom. The molecule has 0 radical (unpaired) electrons. The predicted octanol–water partition coefficient (Wildman–Crippen LogP) is 1.86. The standard InChI is InChI=1S/C17H19N5O2/c1-11-19-13-7-3-2-6-12(13)15(23)22(11)10-14-20-16(21-24-14)17(18)8-4-5-9-17/h2-3,6-7H,4-5,8-10,18H2,1H3. The summed E-state index contributed by atoms with van der Waals surface area (Å²) in [6.07, 6.45) is 3.88. The van der Waals surface area contributed by atoms with Crippen molar-refractivity contribution in [3.8, 4) is 0 Å². The molecule has 1 fully saturated rings. The molecule has 0 unspecified atom stereocenters. The lowest BCUT2D eigenvalue weighted by atomic mass is 9.99. The van der Waals surface area contributed by atoms with Gasteiger partial charge in [-0.3, -0.25) is 9.36 Å². The Hall–Kier alpha value is -2.54. The maximum absolute atomic E-state index is 12.7. The van der Waals surface area contributed by atoms with Gasteiger partial charge < -0.3 is 10.3 Å². The van der Waals surface area contributed by atoms with Crippen LogP contribution in [-0.2, 0) is 12.1 Å². The van der Waals surface area contributed by atoms with Gasteiger partial charge in [0.2, 0.25) is 5.89 Å². The summed E-state index contributed by atoms with van der Waals surface area (Å²) < 4.78 is 6.89. The third-order valence-corrected chi connectivity index (χ3v) is 4.76. The summed E-state index contributed by atoms with van der Waals surface area (Å²) in [6.45, 7) is 2.00. The van der Waals surface area contributed by atoms with Crippen molar-refractivity contribution in [3.63, 3.8) is 0 Å². The number of nitrogens with two attached hydrogens (primary N) is 1. The first-order valence-corrected chi connectivity index (χ1v) is 8.15. The third-order valence-electron chi connectivity index (χ3n) is 4.76. The molecule has 4 rings (SSSR count). The van der Waals surface area contributed by atoms with Crippen LogP contribution in [0.3, 0.4) is 0 Å². The predicted molar refractivity (Wildman–Crippen MR) is 88.5 cm³/mol. The lowest BCUT2D eigenvalue weighted by Gasteiger charge is -2.17. The molecule has 124 valence electrons. The first kappa shape index (κ1) is 15.0. The van der Waals surface area contributed by atoms with Crippen molar-refractivity contribution in [1.82, 2.24) is 19.7 Å². The largest absolute Gasteiger partial charge is 0.337 e. The summed E-state index contributed by atoms with van der Waals surface area (Å²) >= 11 is 0. The normalized spacial score (nSPS) is 16.8. The topological polar surface area (TPSA) is 99.8 Å². The highest BCUT2D eigenvalue weighted by Gasteiger charge is 2.36. The van der Waals surface area contributed by atoms with Crippen molar-refractivity contribution >= 4 is 10.9 Å². The van der Waals surface area contributed by atoms with Gasteiger partial charge in [-0.2, -0.15) is 4.98 Å². The first-order chi connectivity index (χ1) is 11.6. The van der Waals surface area contributed by atoms with Gasteiger partial charge >= 0.3 is 0 Å². The summed E-state index contributed by atoms with van der Waals surface area (Å²) in [4.78, 5) is 21.6. The van der Waals surface area contributed by atoms with E-state index in [2.05, 4.69) is 15.1 Å². The Balaban J connectivity index is 1.70. The molecule has 3 aromatic rings. The second kappa shape index (κ2) is 5.52. The Labute approximate surface area is 138 Å². The number of para-hydroxylation sites is 1. The minimum absolute atomic E-state index is 0.110. The van der Waals surface area contributed by atoms with Crippen LogP contribution in [0, 0.1) is 6.92 Å². The fourth-order valence-electron chi connectivity index (χ4n) is 3.35. The molecule has 1 saturated carbocycles. The monoisotopic (exact) mass is 325 g/mol. The number of fused-ring (bicyclic) bond motifs is 1. The number of nitrogens with zero attached hydrogens (tertiary/aromatic N) is 4. The second-order valence-corrected chi connectivity index (χ2v) is 6.44. The molecule has 0 aliphatic heterocycles. The van der Waals surface area contributed by atoms with Gasteiger partial charge in [-0.25, -0.2) is 4.98 Å². The SMILES string of the molecule is Cc1nc2ccccc2c(=O)n1Cc1nc(C2(N)CCCC2)no1. The number of benzene rings is 1. The van der Waals surface area contributed by atoms with E-state index in [0.29, 0.717) is 28.4 Å². The summed E-state index contributed by atoms with van der Waals surface area (Å²) in [5.74, 6) is 1.53. The van der Waals surface area contributed by atoms with Crippen LogP contribution in [-0.4, -0.2) is 19.7 Å². The molecule has 0 atom stereocenters. The first-order valence-electron chi connectivity index (χ1n) is 8.15. The van der Waals surface area contributed by atoms with Gasteiger partial charge in [0.05, 0.1) is 16.4 Å². The van der Waals surface area contributed by atoms with Crippen molar-refractivity contribution < 1.29 is 4.52 Å². The fraction of sp³-hybridized carbons (Fsp3) is 0.412. The van der Waals surface area contributed by atoms with Crippen LogP contribution in [0.25, 0.3) is 10.9 Å². The Bertz CT molecular complexity index is 953. The van der Waals surface area contributed by atoms with E-state index in [0.717, 1.165) is 25.7 Å². The molecular weight excluding hydrogens is 306 g/mol. The number of aromatic nitrogens is 4. The molecule has 2 heterocycles. The van der Waals surface area contributed by atoms with Crippen molar-refractivity contribution in [2.24, 2.45) is 5.73 Å². The highest BCUT2D eigenvalue weighted by Crippen LogP contribution is 2.34. The van der Waals surface area contributed by atoms with Crippen LogP contribution in [0.5, 0.6) is 0 Å². The summed E-state index contributed by atoms with van der Waals surface area (Å²) in [5, 5.41) is 4.62. The van der Waals surface area contributed by atoms with E-state index in [1.54, 1.807) is 17.6 Å². The van der Waals surface area contributed by atoms with Crippen LogP contribution in [0.4, 0.5) is 0 Å². The fourth-order valence-corrected chi connectivity index (χ4v) is 3.35. The molecule has 1 aliphatic carbocycles. The average Bonchev–Trinajstić information content (AvgIpc) is 3.21. The lowest BCUT2D eigenvalue weighted by molar-refractivity contribution is 0.343. The quantitative estimate of drug-likeness (QED) is 0.789. The molecule has 0 spiro atoms. The van der Waals surface area contributed by atoms with Crippen LogP contribution in [0.1, 0.15) is 43.2 Å². The van der Waals surface area contributed by atoms with Crippen LogP contribution in [0.2, 0.25) is 0 Å². The maximum Gasteiger partial charge on any atom is 0.261 e. The second-order valence-electron chi connectivity index (χ2n) is 6.44. The number of hydrogen-bond donors (Lipinski definition) is 1. The van der Waals surface area contributed by atoms with Gasteiger partial charge in [-0.05, 0) is 31.9 Å². The Kier molecular flexibility index (Phi) is 3.45. The van der Waals surface area contributed by atoms with Gasteiger partial charge in [0.25, 0.3) is 5.56 Å². The highest BCUT2D eigenvalue weighted by atomic mass is 16.5. The number of aryl methyl sites for hydroxylation is 1. The molecule has 2 N–H and O–H groups in total. The molecule has 0 bridgehead atoms. The van der Waals surface area contributed by atoms with E-state index in [1.807, 2.05) is 18.2 Å². The zero-order valence-corrected chi connectivity index (χ0v) is 13.5. The van der Waals surface area contributed by atoms with E-state index in [4.69, 9.17) is 10.3 Å². The smallest absolute Gasteiger partial charge is 0.261 e. The van der Waals surface area contributed by atoms with Gasteiger partial charge in [0.15, 0.2) is 5.82 Å². The maximum atomic E-state index is 12.7. The van der Waals surface area contributed by atoms with Crippen molar-refractivity contribution in [3.05, 3.63) is 52.2 Å². The number of rotatable bonds is 3. The summed E-state index contributed by atoms with van der Waals surface area (Å²) in [7, 11) is 0. The van der Waals surface area contributed by atoms with Gasteiger partial charge in [0.1, 0.15) is 12.4 Å². The van der Waals surface area contributed by atoms with Crippen LogP contribution in [0.15, 0.2) is 33.6 Å². The average molecular weight is 325 g/mol. The summed E-state index contributed by atoms with van der Waals surface area (Å²) in [6, 6.07) is 7.30. The number of hydrogen-bond acceptors (Lipinski definition) is 6. The molecule has 1 aliphatic rings. The van der Waals surface area contributed by atoms with E-state index < -0.39 is 5.54 Å². The molecule has 7 nitrogen and oxygen atoms in total. The van der Waals surface area contributed by atoms with Crippen molar-refractivity contribution in [1.29, 1.82) is 0 Å². The van der Waals surface area contributed by atoms with E-state index in [-0.39, 0.29) is 12.1 Å². The Morgan fingerprint density at radius 1 is 1.25 bits per heavy atom. The molecule has 7 heteroatoms. The molecule has 2 aromatic heterocycles. The van der Waals surface area contributed by atoms with Crippen molar-refractivity contribution in [2.45, 2.75) is 44.7 Å². The highest BCUT2D eigenvalue weighted by molar-refractivity contribution is 5.77. The van der Waals surface area contributed by atoms with Crippen LogP contribution >= 0.6 is 0 Å². The third kappa shape index (κ3) is 2.41. The van der Waals surface area contributed by atoms with Gasteiger partial charge in [-0.15, -0.1) is 0 Å². The van der Waals surface area contributed by atoms with Crippen molar-refractivity contribution in [2.75, 3.05) is 0 Å². The summed E-state index contributed by atoms with van der Waals surface area (Å²) in [5.41, 5.74) is 6.44. The molecule has 1 aromatic carbocycles. The van der Waals surface area contributed by atoms with Gasteiger partial charge in [-0.1, -0.05) is 30.1 Å². The minimum Gasteiger partial charge on any atom is -0.337 e. The molecule has 0 saturated heterocycles. The van der Waals surface area contributed by atoms with E-state index >= 15 is 0 Å². The molecule has 24 heavy (non-hydrogen) atoms. The van der Waals surface area contributed by atoms with Gasteiger partial charge in [0, 0.05) is 0 Å². The zero-order chi connectivity index (χ0) is 16.7. The lowest BCUT2D eigenvalue weighted by Crippen LogP contribution is -2.34. The van der Waals surface area contributed by atoms with E-state index in [9.17, 15) is 4.79 Å².